The van der Waals surface area contributed by atoms with Gasteiger partial charge in [0.05, 0.1) is 24.6 Å². The van der Waals surface area contributed by atoms with Gasteiger partial charge in [-0.3, -0.25) is 4.98 Å². The number of ether oxygens (including phenoxy) is 1. The Hall–Kier alpha value is -1.43. The van der Waals surface area contributed by atoms with E-state index in [4.69, 9.17) is 16.3 Å². The number of aromatic nitrogens is 3. The van der Waals surface area contributed by atoms with Crippen LogP contribution >= 0.6 is 11.6 Å². The quantitative estimate of drug-likeness (QED) is 0.898. The van der Waals surface area contributed by atoms with Crippen LogP contribution in [-0.2, 0) is 18.0 Å². The SMILES string of the molecule is COCc1nn(-c2ccncc2)c(Cl)c1CO. The van der Waals surface area contributed by atoms with Crippen molar-refractivity contribution in [3.8, 4) is 5.69 Å². The molecule has 0 bridgehead atoms. The minimum atomic E-state index is -0.164. The molecule has 0 aliphatic rings. The molecule has 90 valence electrons. The summed E-state index contributed by atoms with van der Waals surface area (Å²) in [6.45, 7) is 0.149. The van der Waals surface area contributed by atoms with Crippen LogP contribution < -0.4 is 0 Å². The van der Waals surface area contributed by atoms with E-state index < -0.39 is 0 Å². The second-order valence-electron chi connectivity index (χ2n) is 3.42. The van der Waals surface area contributed by atoms with Gasteiger partial charge in [0.15, 0.2) is 0 Å². The van der Waals surface area contributed by atoms with E-state index in [9.17, 15) is 5.11 Å². The normalized spacial score (nSPS) is 10.8. The predicted molar refractivity (Wildman–Crippen MR) is 63.0 cm³/mol. The first kappa shape index (κ1) is 12.0. The fraction of sp³-hybridized carbons (Fsp3) is 0.273. The average molecular weight is 254 g/mol. The molecule has 0 unspecified atom stereocenters. The molecule has 0 amide bonds. The molecule has 0 spiro atoms. The van der Waals surface area contributed by atoms with Crippen LogP contribution in [0, 0.1) is 0 Å². The molecule has 2 rings (SSSR count). The predicted octanol–water partition coefficient (Wildman–Crippen LogP) is 1.56. The molecule has 5 nitrogen and oxygen atoms in total. The zero-order valence-corrected chi connectivity index (χ0v) is 10.1. The summed E-state index contributed by atoms with van der Waals surface area (Å²) in [5.74, 6) is 0. The lowest BCUT2D eigenvalue weighted by molar-refractivity contribution is 0.178. The molecular formula is C11H12ClN3O2. The van der Waals surface area contributed by atoms with Crippen molar-refractivity contribution in [3.05, 3.63) is 40.9 Å². The number of aliphatic hydroxyl groups is 1. The average Bonchev–Trinajstić information content (AvgIpc) is 2.67. The van der Waals surface area contributed by atoms with Crippen molar-refractivity contribution in [1.29, 1.82) is 0 Å². The molecular weight excluding hydrogens is 242 g/mol. The molecule has 0 fully saturated rings. The zero-order valence-electron chi connectivity index (χ0n) is 9.30. The van der Waals surface area contributed by atoms with Gasteiger partial charge >= 0.3 is 0 Å². The van der Waals surface area contributed by atoms with E-state index in [2.05, 4.69) is 10.1 Å². The second kappa shape index (κ2) is 5.27. The number of rotatable bonds is 4. The highest BCUT2D eigenvalue weighted by atomic mass is 35.5. The molecule has 17 heavy (non-hydrogen) atoms. The first-order valence-electron chi connectivity index (χ1n) is 5.04. The summed E-state index contributed by atoms with van der Waals surface area (Å²) in [6, 6.07) is 3.58. The van der Waals surface area contributed by atoms with E-state index in [-0.39, 0.29) is 6.61 Å². The number of hydrogen-bond donors (Lipinski definition) is 1. The Morgan fingerprint density at radius 2 is 2.12 bits per heavy atom. The molecule has 6 heteroatoms. The van der Waals surface area contributed by atoms with Gasteiger partial charge in [-0.2, -0.15) is 5.10 Å². The Labute approximate surface area is 104 Å². The molecule has 0 aromatic carbocycles. The van der Waals surface area contributed by atoms with Crippen molar-refractivity contribution in [2.45, 2.75) is 13.2 Å². The fourth-order valence-electron chi connectivity index (χ4n) is 1.54. The molecule has 0 radical (unpaired) electrons. The van der Waals surface area contributed by atoms with Crippen LogP contribution in [0.5, 0.6) is 0 Å². The maximum Gasteiger partial charge on any atom is 0.138 e. The van der Waals surface area contributed by atoms with Gasteiger partial charge in [-0.1, -0.05) is 11.6 Å². The summed E-state index contributed by atoms with van der Waals surface area (Å²) in [7, 11) is 1.57. The summed E-state index contributed by atoms with van der Waals surface area (Å²) in [5.41, 5.74) is 2.02. The molecule has 0 aliphatic carbocycles. The van der Waals surface area contributed by atoms with Crippen LogP contribution in [0.25, 0.3) is 5.69 Å². The van der Waals surface area contributed by atoms with Gasteiger partial charge in [0.2, 0.25) is 0 Å². The van der Waals surface area contributed by atoms with Crippen LogP contribution in [-0.4, -0.2) is 27.0 Å². The monoisotopic (exact) mass is 253 g/mol. The van der Waals surface area contributed by atoms with Gasteiger partial charge in [-0.15, -0.1) is 0 Å². The van der Waals surface area contributed by atoms with Gasteiger partial charge in [-0.05, 0) is 12.1 Å². The van der Waals surface area contributed by atoms with E-state index >= 15 is 0 Å². The van der Waals surface area contributed by atoms with E-state index in [1.807, 2.05) is 0 Å². The van der Waals surface area contributed by atoms with E-state index in [0.717, 1.165) is 5.69 Å². The third kappa shape index (κ3) is 2.31. The standard InChI is InChI=1S/C11H12ClN3O2/c1-17-7-10-9(6-16)11(12)15(14-10)8-2-4-13-5-3-8/h2-5,16H,6-7H2,1H3. The zero-order chi connectivity index (χ0) is 12.3. The van der Waals surface area contributed by atoms with Gasteiger partial charge in [-0.25, -0.2) is 4.68 Å². The Balaban J connectivity index is 2.49. The van der Waals surface area contributed by atoms with Crippen molar-refractivity contribution in [1.82, 2.24) is 14.8 Å². The molecule has 0 atom stereocenters. The summed E-state index contributed by atoms with van der Waals surface area (Å²) >= 11 is 6.16. The number of pyridine rings is 1. The Kier molecular flexibility index (Phi) is 3.73. The van der Waals surface area contributed by atoms with E-state index in [1.54, 1.807) is 36.3 Å². The number of methoxy groups -OCH3 is 1. The summed E-state index contributed by atoms with van der Waals surface area (Å²) < 4.78 is 6.58. The fourth-order valence-corrected chi connectivity index (χ4v) is 1.84. The molecule has 0 saturated heterocycles. The number of aliphatic hydroxyl groups excluding tert-OH is 1. The summed E-state index contributed by atoms with van der Waals surface area (Å²) in [4.78, 5) is 3.93. The Morgan fingerprint density at radius 1 is 1.41 bits per heavy atom. The van der Waals surface area contributed by atoms with Crippen molar-refractivity contribution in [3.63, 3.8) is 0 Å². The van der Waals surface area contributed by atoms with E-state index in [1.165, 1.54) is 0 Å². The van der Waals surface area contributed by atoms with Crippen LogP contribution in [0.1, 0.15) is 11.3 Å². The van der Waals surface area contributed by atoms with E-state index in [0.29, 0.717) is 23.0 Å². The molecule has 2 aromatic heterocycles. The molecule has 2 aromatic rings. The smallest absolute Gasteiger partial charge is 0.138 e. The Morgan fingerprint density at radius 3 is 2.71 bits per heavy atom. The largest absolute Gasteiger partial charge is 0.391 e. The highest BCUT2D eigenvalue weighted by Crippen LogP contribution is 2.24. The lowest BCUT2D eigenvalue weighted by Crippen LogP contribution is -1.98. The third-order valence-corrected chi connectivity index (χ3v) is 2.74. The maximum atomic E-state index is 9.28. The lowest BCUT2D eigenvalue weighted by atomic mass is 10.3. The van der Waals surface area contributed by atoms with Crippen LogP contribution in [0.3, 0.4) is 0 Å². The van der Waals surface area contributed by atoms with Crippen molar-refractivity contribution in [2.24, 2.45) is 0 Å². The number of nitrogens with zero attached hydrogens (tertiary/aromatic N) is 3. The van der Waals surface area contributed by atoms with Crippen molar-refractivity contribution >= 4 is 11.6 Å². The highest BCUT2D eigenvalue weighted by Gasteiger charge is 2.16. The van der Waals surface area contributed by atoms with Crippen LogP contribution in [0.4, 0.5) is 0 Å². The first-order valence-corrected chi connectivity index (χ1v) is 5.42. The van der Waals surface area contributed by atoms with Gasteiger partial charge in [0.1, 0.15) is 5.15 Å². The highest BCUT2D eigenvalue weighted by molar-refractivity contribution is 6.30. The molecule has 0 saturated carbocycles. The van der Waals surface area contributed by atoms with Gasteiger partial charge in [0, 0.05) is 25.1 Å². The second-order valence-corrected chi connectivity index (χ2v) is 3.78. The summed E-state index contributed by atoms with van der Waals surface area (Å²) in [6.07, 6.45) is 3.31. The topological polar surface area (TPSA) is 60.2 Å². The van der Waals surface area contributed by atoms with Gasteiger partial charge < -0.3 is 9.84 Å². The van der Waals surface area contributed by atoms with Crippen LogP contribution in [0.2, 0.25) is 5.15 Å². The van der Waals surface area contributed by atoms with Gasteiger partial charge in [0.25, 0.3) is 0 Å². The Bertz CT molecular complexity index is 499. The first-order chi connectivity index (χ1) is 8.27. The van der Waals surface area contributed by atoms with Crippen LogP contribution in [0.15, 0.2) is 24.5 Å². The molecule has 0 aliphatic heterocycles. The lowest BCUT2D eigenvalue weighted by Gasteiger charge is -2.01. The maximum absolute atomic E-state index is 9.28. The van der Waals surface area contributed by atoms with Crippen molar-refractivity contribution < 1.29 is 9.84 Å². The minimum absolute atomic E-state index is 0.164. The van der Waals surface area contributed by atoms with Crippen molar-refractivity contribution in [2.75, 3.05) is 7.11 Å². The minimum Gasteiger partial charge on any atom is -0.391 e. The molecule has 2 heterocycles. The third-order valence-electron chi connectivity index (χ3n) is 2.35. The number of hydrogen-bond acceptors (Lipinski definition) is 4. The summed E-state index contributed by atoms with van der Waals surface area (Å²) in [5, 5.41) is 14.0. The molecule has 1 N–H and O–H groups in total. The number of halogens is 1.